The lowest BCUT2D eigenvalue weighted by Gasteiger charge is -2.01. The Morgan fingerprint density at radius 3 is 2.62 bits per heavy atom. The lowest BCUT2D eigenvalue weighted by molar-refractivity contribution is -0.127. The van der Waals surface area contributed by atoms with E-state index < -0.39 is 0 Å². The van der Waals surface area contributed by atoms with E-state index >= 15 is 0 Å². The Balaban J connectivity index is 2.15. The van der Waals surface area contributed by atoms with Crippen LogP contribution in [0.4, 0.5) is 0 Å². The molecular formula is C12H20O2S2. The van der Waals surface area contributed by atoms with Crippen LogP contribution >= 0.6 is 21.9 Å². The Bertz CT molecular complexity index is 183. The minimum Gasteiger partial charge on any atom is -0.332 e. The van der Waals surface area contributed by atoms with E-state index in [4.69, 9.17) is 9.22 Å². The first kappa shape index (κ1) is 14.0. The van der Waals surface area contributed by atoms with Crippen LogP contribution in [0.25, 0.3) is 0 Å². The molecule has 0 aromatic rings. The van der Waals surface area contributed by atoms with E-state index in [1.54, 1.807) is 17.1 Å². The van der Waals surface area contributed by atoms with Gasteiger partial charge in [0.1, 0.15) is 17.3 Å². The molecule has 0 saturated heterocycles. The molecule has 0 aromatic carbocycles. The average Bonchev–Trinajstić information content (AvgIpc) is 2.29. The van der Waals surface area contributed by atoms with Crippen molar-refractivity contribution in [2.45, 2.75) is 44.9 Å². The van der Waals surface area contributed by atoms with Crippen molar-refractivity contribution in [1.82, 2.24) is 0 Å². The van der Waals surface area contributed by atoms with Gasteiger partial charge in [0.2, 0.25) is 0 Å². The molecule has 2 nitrogen and oxygen atoms in total. The van der Waals surface area contributed by atoms with Gasteiger partial charge in [-0.25, -0.2) is 0 Å². The molecule has 0 saturated carbocycles. The van der Waals surface area contributed by atoms with Crippen molar-refractivity contribution in [3.05, 3.63) is 24.5 Å². The van der Waals surface area contributed by atoms with E-state index in [-0.39, 0.29) is 0 Å². The molecule has 4 heteroatoms. The maximum absolute atomic E-state index is 4.89. The lowest BCUT2D eigenvalue weighted by Crippen LogP contribution is -1.82. The van der Waals surface area contributed by atoms with Crippen LogP contribution in [-0.2, 0) is 9.22 Å². The van der Waals surface area contributed by atoms with Gasteiger partial charge in [-0.3, -0.25) is 0 Å². The molecule has 0 aliphatic carbocycles. The molecule has 1 heterocycles. The lowest BCUT2D eigenvalue weighted by atomic mass is 10.1. The number of allylic oxidation sites excluding steroid dienone is 3. The fourth-order valence-corrected chi connectivity index (χ4v) is 2.75. The maximum atomic E-state index is 4.89. The molecule has 16 heavy (non-hydrogen) atoms. The van der Waals surface area contributed by atoms with Crippen molar-refractivity contribution >= 4 is 21.9 Å². The topological polar surface area (TPSA) is 18.5 Å². The van der Waals surface area contributed by atoms with Gasteiger partial charge in [-0.1, -0.05) is 48.6 Å². The summed E-state index contributed by atoms with van der Waals surface area (Å²) in [6.07, 6.45) is 16.8. The monoisotopic (exact) mass is 260 g/mol. The van der Waals surface area contributed by atoms with Gasteiger partial charge < -0.3 is 4.89 Å². The van der Waals surface area contributed by atoms with Gasteiger partial charge >= 0.3 is 0 Å². The third-order valence-corrected chi connectivity index (χ3v) is 3.99. The Morgan fingerprint density at radius 2 is 1.69 bits per heavy atom. The number of rotatable bonds is 0. The van der Waals surface area contributed by atoms with Crippen molar-refractivity contribution in [2.24, 2.45) is 0 Å². The van der Waals surface area contributed by atoms with Crippen LogP contribution in [0.3, 0.4) is 0 Å². The molecule has 0 amide bonds. The Morgan fingerprint density at radius 1 is 0.875 bits per heavy atom. The Kier molecular flexibility index (Phi) is 10.00. The summed E-state index contributed by atoms with van der Waals surface area (Å²) < 4.78 is 4.89. The van der Waals surface area contributed by atoms with Crippen LogP contribution in [0.5, 0.6) is 0 Å². The summed E-state index contributed by atoms with van der Waals surface area (Å²) in [4.78, 5) is 4.84. The average molecular weight is 260 g/mol. The van der Waals surface area contributed by atoms with E-state index in [0.29, 0.717) is 0 Å². The van der Waals surface area contributed by atoms with Crippen LogP contribution in [0.15, 0.2) is 24.5 Å². The first-order chi connectivity index (χ1) is 8.00. The molecule has 0 spiro atoms. The van der Waals surface area contributed by atoms with Crippen molar-refractivity contribution < 1.29 is 9.22 Å². The molecular weight excluding hydrogens is 240 g/mol. The smallest absolute Gasteiger partial charge is 0.130 e. The molecule has 0 radical (unpaired) electrons. The predicted octanol–water partition coefficient (Wildman–Crippen LogP) is 5.05. The molecule has 92 valence electrons. The van der Waals surface area contributed by atoms with Crippen LogP contribution in [-0.4, -0.2) is 5.75 Å². The molecule has 0 atom stereocenters. The summed E-state index contributed by atoms with van der Waals surface area (Å²) in [7, 11) is 1.71. The molecule has 1 rings (SSSR count). The van der Waals surface area contributed by atoms with Crippen molar-refractivity contribution in [2.75, 3.05) is 5.75 Å². The summed E-state index contributed by atoms with van der Waals surface area (Å²) in [5.41, 5.74) is 0. The summed E-state index contributed by atoms with van der Waals surface area (Å²) in [6, 6.07) is 0. The maximum Gasteiger partial charge on any atom is 0.130 e. The minimum absolute atomic E-state index is 1.14. The van der Waals surface area contributed by atoms with E-state index in [1.165, 1.54) is 49.6 Å². The largest absolute Gasteiger partial charge is 0.332 e. The second-order valence-corrected chi connectivity index (χ2v) is 5.75. The van der Waals surface area contributed by atoms with Crippen LogP contribution in [0, 0.1) is 0 Å². The molecule has 0 bridgehead atoms. The highest BCUT2D eigenvalue weighted by atomic mass is 33.1. The SMILES string of the molecule is C1=CCCCCCCCCSSOOC=C1. The summed E-state index contributed by atoms with van der Waals surface area (Å²) in [6.45, 7) is 0. The third-order valence-electron chi connectivity index (χ3n) is 2.34. The zero-order valence-corrected chi connectivity index (χ0v) is 11.2. The highest BCUT2D eigenvalue weighted by Gasteiger charge is 1.94. The summed E-state index contributed by atoms with van der Waals surface area (Å²) >= 11 is 1.31. The first-order valence-electron chi connectivity index (χ1n) is 5.93. The second-order valence-electron chi connectivity index (χ2n) is 3.72. The minimum atomic E-state index is 1.14. The first-order valence-corrected chi connectivity index (χ1v) is 8.18. The summed E-state index contributed by atoms with van der Waals surface area (Å²) in [5, 5.41) is 0. The molecule has 0 aromatic heterocycles. The zero-order chi connectivity index (χ0) is 11.3. The van der Waals surface area contributed by atoms with E-state index in [9.17, 15) is 0 Å². The van der Waals surface area contributed by atoms with Gasteiger partial charge in [-0.15, -0.1) is 4.33 Å². The van der Waals surface area contributed by atoms with Gasteiger partial charge in [0.25, 0.3) is 0 Å². The van der Waals surface area contributed by atoms with Gasteiger partial charge in [0, 0.05) is 5.75 Å². The van der Waals surface area contributed by atoms with E-state index in [2.05, 4.69) is 6.08 Å². The summed E-state index contributed by atoms with van der Waals surface area (Å²) in [5.74, 6) is 1.14. The number of hydrogen-bond donors (Lipinski definition) is 0. The quantitative estimate of drug-likeness (QED) is 0.345. The predicted molar refractivity (Wildman–Crippen MR) is 72.8 cm³/mol. The Labute approximate surface area is 106 Å². The van der Waals surface area contributed by atoms with Gasteiger partial charge in [-0.2, -0.15) is 0 Å². The fourth-order valence-electron chi connectivity index (χ4n) is 1.47. The van der Waals surface area contributed by atoms with Gasteiger partial charge in [0.05, 0.1) is 0 Å². The molecule has 1 aliphatic rings. The standard InChI is InChI=1S/C12H20O2S2/c1-2-4-6-8-10-12-15-16-14-13-11-9-7-5-3-1/h5,7,9,11H,1-4,6,8,10,12H2. The van der Waals surface area contributed by atoms with Crippen LogP contribution < -0.4 is 0 Å². The van der Waals surface area contributed by atoms with Crippen molar-refractivity contribution in [3.8, 4) is 0 Å². The molecule has 0 N–H and O–H groups in total. The fraction of sp³-hybridized carbons (Fsp3) is 0.667. The van der Waals surface area contributed by atoms with E-state index in [1.807, 2.05) is 12.2 Å². The van der Waals surface area contributed by atoms with Crippen molar-refractivity contribution in [1.29, 1.82) is 0 Å². The zero-order valence-electron chi connectivity index (χ0n) is 9.60. The van der Waals surface area contributed by atoms with Gasteiger partial charge in [0.15, 0.2) is 0 Å². The van der Waals surface area contributed by atoms with E-state index in [0.717, 1.165) is 12.2 Å². The molecule has 1 aliphatic heterocycles. The highest BCUT2D eigenvalue weighted by molar-refractivity contribution is 8.74. The van der Waals surface area contributed by atoms with Crippen LogP contribution in [0.1, 0.15) is 44.9 Å². The highest BCUT2D eigenvalue weighted by Crippen LogP contribution is 2.24. The number of hydrogen-bond acceptors (Lipinski definition) is 4. The van der Waals surface area contributed by atoms with Crippen LogP contribution in [0.2, 0.25) is 0 Å². The van der Waals surface area contributed by atoms with Gasteiger partial charge in [-0.05, 0) is 25.3 Å². The Hall–Kier alpha value is -0.0600. The third kappa shape index (κ3) is 9.19. The molecule has 0 unspecified atom stereocenters. The molecule has 0 fully saturated rings. The van der Waals surface area contributed by atoms with Crippen molar-refractivity contribution in [3.63, 3.8) is 0 Å². The normalized spacial score (nSPS) is 21.5. The second kappa shape index (κ2) is 11.4.